The van der Waals surface area contributed by atoms with Crippen molar-refractivity contribution in [2.75, 3.05) is 18.0 Å². The number of primary amides is 1. The van der Waals surface area contributed by atoms with Crippen LogP contribution in [0.4, 0.5) is 15.0 Å². The van der Waals surface area contributed by atoms with E-state index >= 15 is 0 Å². The van der Waals surface area contributed by atoms with Crippen molar-refractivity contribution < 1.29 is 18.7 Å². The number of rotatable bonds is 4. The highest BCUT2D eigenvalue weighted by molar-refractivity contribution is 6.32. The third-order valence-corrected chi connectivity index (χ3v) is 2.69. The summed E-state index contributed by atoms with van der Waals surface area (Å²) >= 11 is 5.79. The van der Waals surface area contributed by atoms with E-state index in [2.05, 4.69) is 4.98 Å². The minimum absolute atomic E-state index is 0.0366. The van der Waals surface area contributed by atoms with Gasteiger partial charge in [-0.25, -0.2) is 14.2 Å². The molecule has 1 aromatic heterocycles. The monoisotopic (exact) mass is 332 g/mol. The van der Waals surface area contributed by atoms with Gasteiger partial charge in [0.1, 0.15) is 10.8 Å². The number of pyridine rings is 1. The van der Waals surface area contributed by atoms with E-state index in [0.29, 0.717) is 0 Å². The number of amides is 2. The van der Waals surface area contributed by atoms with Crippen molar-refractivity contribution in [2.24, 2.45) is 11.5 Å². The maximum atomic E-state index is 14.1. The first kappa shape index (κ1) is 18.1. The van der Waals surface area contributed by atoms with Gasteiger partial charge in [-0.2, -0.15) is 0 Å². The second-order valence-corrected chi connectivity index (χ2v) is 5.78. The fourth-order valence-electron chi connectivity index (χ4n) is 1.55. The fraction of sp³-hybridized carbons (Fsp3) is 0.462. The highest BCUT2D eigenvalue weighted by atomic mass is 35.5. The van der Waals surface area contributed by atoms with E-state index in [9.17, 15) is 14.0 Å². The number of hydrogen-bond acceptors (Lipinski definition) is 5. The first-order chi connectivity index (χ1) is 10.1. The van der Waals surface area contributed by atoms with Gasteiger partial charge in [0.25, 0.3) is 5.91 Å². The summed E-state index contributed by atoms with van der Waals surface area (Å²) in [6.45, 7) is 5.01. The SMILES string of the molecule is CC(C)(C)OC(=O)N(CCN)c1nc(Cl)c(C(N)=O)cc1F. The summed E-state index contributed by atoms with van der Waals surface area (Å²) < 4.78 is 19.3. The van der Waals surface area contributed by atoms with Gasteiger partial charge in [-0.05, 0) is 26.8 Å². The zero-order valence-corrected chi connectivity index (χ0v) is 13.3. The molecule has 0 radical (unpaired) electrons. The Bertz CT molecular complexity index is 589. The summed E-state index contributed by atoms with van der Waals surface area (Å²) in [6, 6.07) is 0.820. The molecule has 2 amide bonds. The molecule has 22 heavy (non-hydrogen) atoms. The lowest BCUT2D eigenvalue weighted by atomic mass is 10.2. The van der Waals surface area contributed by atoms with E-state index in [0.717, 1.165) is 11.0 Å². The molecule has 0 aliphatic carbocycles. The smallest absolute Gasteiger partial charge is 0.416 e. The van der Waals surface area contributed by atoms with Crippen LogP contribution < -0.4 is 16.4 Å². The Morgan fingerprint density at radius 3 is 2.50 bits per heavy atom. The Morgan fingerprint density at radius 1 is 1.45 bits per heavy atom. The molecule has 0 fully saturated rings. The minimum atomic E-state index is -0.933. The molecule has 4 N–H and O–H groups in total. The van der Waals surface area contributed by atoms with Crippen molar-refractivity contribution in [3.63, 3.8) is 0 Å². The molecule has 0 spiro atoms. The molecule has 0 aliphatic rings. The number of nitrogens with two attached hydrogens (primary N) is 2. The van der Waals surface area contributed by atoms with Crippen molar-refractivity contribution in [2.45, 2.75) is 26.4 Å². The van der Waals surface area contributed by atoms with E-state index in [-0.39, 0.29) is 29.6 Å². The summed E-state index contributed by atoms with van der Waals surface area (Å²) in [5, 5.41) is -0.311. The first-order valence-corrected chi connectivity index (χ1v) is 6.81. The lowest BCUT2D eigenvalue weighted by Crippen LogP contribution is -2.40. The normalized spacial score (nSPS) is 11.2. The van der Waals surface area contributed by atoms with Crippen LogP contribution in [-0.2, 0) is 4.74 Å². The Kier molecular flexibility index (Phi) is 5.67. The Hall–Kier alpha value is -1.93. The van der Waals surface area contributed by atoms with E-state index in [4.69, 9.17) is 27.8 Å². The van der Waals surface area contributed by atoms with Crippen molar-refractivity contribution in [3.05, 3.63) is 22.6 Å². The predicted molar refractivity (Wildman–Crippen MR) is 80.4 cm³/mol. The van der Waals surface area contributed by atoms with Gasteiger partial charge in [0.05, 0.1) is 5.56 Å². The zero-order valence-electron chi connectivity index (χ0n) is 12.5. The maximum absolute atomic E-state index is 14.1. The van der Waals surface area contributed by atoms with Crippen molar-refractivity contribution >= 4 is 29.4 Å². The molecule has 0 saturated carbocycles. The molecule has 7 nitrogen and oxygen atoms in total. The third kappa shape index (κ3) is 4.54. The van der Waals surface area contributed by atoms with Gasteiger partial charge < -0.3 is 16.2 Å². The van der Waals surface area contributed by atoms with Crippen LogP contribution in [0, 0.1) is 5.82 Å². The number of hydrogen-bond donors (Lipinski definition) is 2. The van der Waals surface area contributed by atoms with Crippen LogP contribution in [-0.4, -0.2) is 35.7 Å². The van der Waals surface area contributed by atoms with E-state index < -0.39 is 23.4 Å². The highest BCUT2D eigenvalue weighted by Crippen LogP contribution is 2.24. The lowest BCUT2D eigenvalue weighted by Gasteiger charge is -2.26. The second-order valence-electron chi connectivity index (χ2n) is 5.42. The van der Waals surface area contributed by atoms with Gasteiger partial charge in [0.15, 0.2) is 11.6 Å². The molecule has 9 heteroatoms. The van der Waals surface area contributed by atoms with Gasteiger partial charge in [-0.15, -0.1) is 0 Å². The molecule has 1 rings (SSSR count). The van der Waals surface area contributed by atoms with E-state index in [1.807, 2.05) is 0 Å². The van der Waals surface area contributed by atoms with Crippen LogP contribution in [0.25, 0.3) is 0 Å². The molecule has 0 saturated heterocycles. The third-order valence-electron chi connectivity index (χ3n) is 2.40. The van der Waals surface area contributed by atoms with Crippen LogP contribution >= 0.6 is 11.6 Å². The maximum Gasteiger partial charge on any atom is 0.416 e. The number of carbonyl (C=O) groups excluding carboxylic acids is 2. The molecule has 1 aromatic rings. The standard InChI is InChI=1S/C13H18ClFN4O3/c1-13(2,3)22-12(21)19(5-4-16)11-8(15)6-7(10(17)20)9(14)18-11/h6H,4-5,16H2,1-3H3,(H2,17,20). The van der Waals surface area contributed by atoms with Gasteiger partial charge >= 0.3 is 6.09 Å². The Balaban J connectivity index is 3.24. The summed E-state index contributed by atoms with van der Waals surface area (Å²) in [4.78, 5) is 27.9. The number of halogens is 2. The van der Waals surface area contributed by atoms with Gasteiger partial charge in [-0.1, -0.05) is 11.6 Å². The Morgan fingerprint density at radius 2 is 2.05 bits per heavy atom. The molecule has 0 aliphatic heterocycles. The van der Waals surface area contributed by atoms with Crippen molar-refractivity contribution in [1.29, 1.82) is 0 Å². The average molecular weight is 333 g/mol. The van der Waals surface area contributed by atoms with Gasteiger partial charge in [0.2, 0.25) is 0 Å². The summed E-state index contributed by atoms with van der Waals surface area (Å²) in [7, 11) is 0. The number of anilines is 1. The minimum Gasteiger partial charge on any atom is -0.443 e. The predicted octanol–water partition coefficient (Wildman–Crippen LogP) is 1.67. The van der Waals surface area contributed by atoms with Crippen molar-refractivity contribution in [3.8, 4) is 0 Å². The number of ether oxygens (including phenoxy) is 1. The highest BCUT2D eigenvalue weighted by Gasteiger charge is 2.27. The number of carbonyl (C=O) groups is 2. The van der Waals surface area contributed by atoms with Crippen LogP contribution in [0.2, 0.25) is 5.15 Å². The largest absolute Gasteiger partial charge is 0.443 e. The lowest BCUT2D eigenvalue weighted by molar-refractivity contribution is 0.0579. The fourth-order valence-corrected chi connectivity index (χ4v) is 1.78. The van der Waals surface area contributed by atoms with E-state index in [1.54, 1.807) is 20.8 Å². The topological polar surface area (TPSA) is 112 Å². The van der Waals surface area contributed by atoms with E-state index in [1.165, 1.54) is 0 Å². The molecule has 1 heterocycles. The van der Waals surface area contributed by atoms with Crippen molar-refractivity contribution in [1.82, 2.24) is 4.98 Å². The molecule has 0 atom stereocenters. The zero-order chi connectivity index (χ0) is 17.1. The van der Waals surface area contributed by atoms with Crippen LogP contribution in [0.1, 0.15) is 31.1 Å². The summed E-state index contributed by atoms with van der Waals surface area (Å²) in [6.07, 6.45) is -0.827. The van der Waals surface area contributed by atoms with Gasteiger partial charge in [-0.3, -0.25) is 9.69 Å². The molecular formula is C13H18ClFN4O3. The number of aromatic nitrogens is 1. The average Bonchev–Trinajstić information content (AvgIpc) is 2.36. The van der Waals surface area contributed by atoms with Gasteiger partial charge in [0, 0.05) is 13.1 Å². The second kappa shape index (κ2) is 6.89. The molecule has 0 aromatic carbocycles. The Labute approximate surface area is 132 Å². The summed E-state index contributed by atoms with van der Waals surface area (Å²) in [5.74, 6) is -2.24. The first-order valence-electron chi connectivity index (χ1n) is 6.43. The van der Waals surface area contributed by atoms with Crippen LogP contribution in [0.5, 0.6) is 0 Å². The molecular weight excluding hydrogens is 315 g/mol. The summed E-state index contributed by atoms with van der Waals surface area (Å²) in [5.41, 5.74) is 9.43. The van der Waals surface area contributed by atoms with Crippen LogP contribution in [0.15, 0.2) is 6.07 Å². The molecule has 0 unspecified atom stereocenters. The number of nitrogens with zero attached hydrogens (tertiary/aromatic N) is 2. The molecule has 0 bridgehead atoms. The quantitative estimate of drug-likeness (QED) is 0.814. The molecule has 122 valence electrons. The van der Waals surface area contributed by atoms with Crippen LogP contribution in [0.3, 0.4) is 0 Å².